The number of aromatic nitrogens is 2. The zero-order chi connectivity index (χ0) is 14.9. The van der Waals surface area contributed by atoms with Crippen molar-refractivity contribution in [3.8, 4) is 0 Å². The molecule has 6 heteroatoms. The quantitative estimate of drug-likeness (QED) is 0.854. The van der Waals surface area contributed by atoms with Gasteiger partial charge in [0.1, 0.15) is 5.82 Å². The Morgan fingerprint density at radius 1 is 1.10 bits per heavy atom. The van der Waals surface area contributed by atoms with E-state index < -0.39 is 6.09 Å². The number of carbonyl (C=O) groups excluding carboxylic acids is 1. The number of nitrogens with zero attached hydrogens (tertiary/aromatic N) is 2. The highest BCUT2D eigenvalue weighted by Gasteiger charge is 2.03. The molecule has 0 spiro atoms. The van der Waals surface area contributed by atoms with Crippen LogP contribution in [0.2, 0.25) is 0 Å². The summed E-state index contributed by atoms with van der Waals surface area (Å²) in [5.74, 6) is 1.03. The Kier molecular flexibility index (Phi) is 5.51. The summed E-state index contributed by atoms with van der Waals surface area (Å²) in [6.07, 6.45) is 0.377. The lowest BCUT2D eigenvalue weighted by Gasteiger charge is -2.06. The molecule has 0 unspecified atom stereocenters. The molecule has 1 aromatic heterocycles. The number of benzene rings is 1. The second-order valence-electron chi connectivity index (χ2n) is 4.31. The highest BCUT2D eigenvalue weighted by molar-refractivity contribution is 5.83. The summed E-state index contributed by atoms with van der Waals surface area (Å²) in [5.41, 5.74) is 1.26. The first-order valence-corrected chi connectivity index (χ1v) is 6.83. The van der Waals surface area contributed by atoms with Crippen LogP contribution in [0.4, 0.5) is 16.4 Å². The van der Waals surface area contributed by atoms with Gasteiger partial charge in [-0.2, -0.15) is 0 Å². The molecule has 0 fully saturated rings. The second kappa shape index (κ2) is 7.84. The van der Waals surface area contributed by atoms with Crippen molar-refractivity contribution >= 4 is 17.7 Å². The van der Waals surface area contributed by atoms with Gasteiger partial charge in [-0.3, -0.25) is 5.32 Å². The summed E-state index contributed by atoms with van der Waals surface area (Å²) in [6.45, 7) is 2.83. The fraction of sp³-hybridized carbons (Fsp3) is 0.267. The Morgan fingerprint density at radius 3 is 2.48 bits per heavy atom. The standard InChI is InChI=1S/C15H18N4O2/c1-2-21-15(20)17-14-9-8-13(18-19-14)16-11-10-12-6-4-3-5-7-12/h3-9H,2,10-11H2,1H3,(H,16,18)(H,17,19,20). The molecule has 2 aromatic rings. The molecule has 0 radical (unpaired) electrons. The lowest BCUT2D eigenvalue weighted by Crippen LogP contribution is -2.15. The molecule has 0 aliphatic rings. The van der Waals surface area contributed by atoms with Gasteiger partial charge in [0.2, 0.25) is 0 Å². The van der Waals surface area contributed by atoms with E-state index in [1.807, 2.05) is 18.2 Å². The molecule has 2 N–H and O–H groups in total. The molecule has 1 aromatic carbocycles. The largest absolute Gasteiger partial charge is 0.450 e. The second-order valence-corrected chi connectivity index (χ2v) is 4.31. The first-order valence-electron chi connectivity index (χ1n) is 6.83. The number of amides is 1. The van der Waals surface area contributed by atoms with Crippen LogP contribution in [-0.4, -0.2) is 29.4 Å². The van der Waals surface area contributed by atoms with Crippen LogP contribution in [0.5, 0.6) is 0 Å². The zero-order valence-electron chi connectivity index (χ0n) is 11.9. The Hall–Kier alpha value is -2.63. The molecule has 0 bridgehead atoms. The van der Waals surface area contributed by atoms with E-state index in [4.69, 9.17) is 4.74 Å². The van der Waals surface area contributed by atoms with E-state index in [9.17, 15) is 4.79 Å². The van der Waals surface area contributed by atoms with E-state index >= 15 is 0 Å². The van der Waals surface area contributed by atoms with Crippen LogP contribution < -0.4 is 10.6 Å². The Labute approximate surface area is 123 Å². The maximum atomic E-state index is 11.2. The van der Waals surface area contributed by atoms with Crippen LogP contribution in [0, 0.1) is 0 Å². The predicted octanol–water partition coefficient (Wildman–Crippen LogP) is 2.70. The van der Waals surface area contributed by atoms with Crippen molar-refractivity contribution in [2.75, 3.05) is 23.8 Å². The highest BCUT2D eigenvalue weighted by atomic mass is 16.5. The van der Waals surface area contributed by atoms with Crippen molar-refractivity contribution in [2.24, 2.45) is 0 Å². The van der Waals surface area contributed by atoms with Gasteiger partial charge >= 0.3 is 6.09 Å². The van der Waals surface area contributed by atoms with Crippen molar-refractivity contribution < 1.29 is 9.53 Å². The third-order valence-electron chi connectivity index (χ3n) is 2.73. The van der Waals surface area contributed by atoms with E-state index in [2.05, 4.69) is 33.0 Å². The van der Waals surface area contributed by atoms with Gasteiger partial charge in [-0.1, -0.05) is 30.3 Å². The molecule has 2 rings (SSSR count). The maximum absolute atomic E-state index is 11.2. The summed E-state index contributed by atoms with van der Waals surface area (Å²) in [5, 5.41) is 13.6. The van der Waals surface area contributed by atoms with Crippen LogP contribution in [-0.2, 0) is 11.2 Å². The van der Waals surface area contributed by atoms with Gasteiger partial charge in [-0.25, -0.2) is 4.79 Å². The minimum atomic E-state index is -0.531. The van der Waals surface area contributed by atoms with Gasteiger partial charge < -0.3 is 10.1 Å². The molecule has 110 valence electrons. The van der Waals surface area contributed by atoms with Gasteiger partial charge in [0, 0.05) is 6.54 Å². The van der Waals surface area contributed by atoms with E-state index in [0.717, 1.165) is 13.0 Å². The molecule has 21 heavy (non-hydrogen) atoms. The minimum Gasteiger partial charge on any atom is -0.450 e. The number of hydrogen-bond acceptors (Lipinski definition) is 5. The van der Waals surface area contributed by atoms with Crippen LogP contribution >= 0.6 is 0 Å². The molecule has 6 nitrogen and oxygen atoms in total. The van der Waals surface area contributed by atoms with Crippen molar-refractivity contribution in [3.63, 3.8) is 0 Å². The first kappa shape index (κ1) is 14.8. The van der Waals surface area contributed by atoms with E-state index in [1.54, 1.807) is 19.1 Å². The number of nitrogens with one attached hydrogen (secondary N) is 2. The number of ether oxygens (including phenoxy) is 1. The third kappa shape index (κ3) is 5.10. The van der Waals surface area contributed by atoms with Crippen LogP contribution in [0.15, 0.2) is 42.5 Å². The van der Waals surface area contributed by atoms with Crippen LogP contribution in [0.1, 0.15) is 12.5 Å². The van der Waals surface area contributed by atoms with Gasteiger partial charge in [0.25, 0.3) is 0 Å². The first-order chi connectivity index (χ1) is 10.3. The average molecular weight is 286 g/mol. The van der Waals surface area contributed by atoms with Crippen molar-refractivity contribution in [1.82, 2.24) is 10.2 Å². The number of carbonyl (C=O) groups is 1. The molecule has 0 saturated carbocycles. The summed E-state index contributed by atoms with van der Waals surface area (Å²) in [7, 11) is 0. The summed E-state index contributed by atoms with van der Waals surface area (Å²) in [6, 6.07) is 13.6. The lowest BCUT2D eigenvalue weighted by atomic mass is 10.1. The molecular weight excluding hydrogens is 268 g/mol. The van der Waals surface area contributed by atoms with E-state index in [1.165, 1.54) is 5.56 Å². The topological polar surface area (TPSA) is 76.1 Å². The minimum absolute atomic E-state index is 0.318. The molecule has 0 saturated heterocycles. The van der Waals surface area contributed by atoms with Crippen molar-refractivity contribution in [2.45, 2.75) is 13.3 Å². The molecule has 0 aliphatic heterocycles. The molecule has 1 heterocycles. The van der Waals surface area contributed by atoms with Crippen LogP contribution in [0.25, 0.3) is 0 Å². The van der Waals surface area contributed by atoms with Gasteiger partial charge in [-0.05, 0) is 31.0 Å². The van der Waals surface area contributed by atoms with Crippen LogP contribution in [0.3, 0.4) is 0 Å². The Bertz CT molecular complexity index is 558. The molecule has 0 atom stereocenters. The fourth-order valence-electron chi connectivity index (χ4n) is 1.74. The maximum Gasteiger partial charge on any atom is 0.412 e. The van der Waals surface area contributed by atoms with Crippen molar-refractivity contribution in [1.29, 1.82) is 0 Å². The van der Waals surface area contributed by atoms with E-state index in [-0.39, 0.29) is 0 Å². The predicted molar refractivity (Wildman–Crippen MR) is 81.3 cm³/mol. The monoisotopic (exact) mass is 286 g/mol. The summed E-state index contributed by atoms with van der Waals surface area (Å²) < 4.78 is 4.76. The smallest absolute Gasteiger partial charge is 0.412 e. The third-order valence-corrected chi connectivity index (χ3v) is 2.73. The zero-order valence-corrected chi connectivity index (χ0v) is 11.9. The number of anilines is 2. The van der Waals surface area contributed by atoms with Gasteiger partial charge in [0.15, 0.2) is 5.82 Å². The number of hydrogen-bond donors (Lipinski definition) is 2. The molecule has 0 aliphatic carbocycles. The highest BCUT2D eigenvalue weighted by Crippen LogP contribution is 2.07. The van der Waals surface area contributed by atoms with Crippen molar-refractivity contribution in [3.05, 3.63) is 48.0 Å². The fourth-order valence-corrected chi connectivity index (χ4v) is 1.74. The van der Waals surface area contributed by atoms with E-state index in [0.29, 0.717) is 18.2 Å². The number of rotatable bonds is 6. The Morgan fingerprint density at radius 2 is 1.81 bits per heavy atom. The normalized spacial score (nSPS) is 9.95. The van der Waals surface area contributed by atoms with Gasteiger partial charge in [0.05, 0.1) is 6.61 Å². The average Bonchev–Trinajstić information content (AvgIpc) is 2.50. The Balaban J connectivity index is 1.78. The molecular formula is C15H18N4O2. The summed E-state index contributed by atoms with van der Waals surface area (Å²) in [4.78, 5) is 11.2. The lowest BCUT2D eigenvalue weighted by molar-refractivity contribution is 0.168. The summed E-state index contributed by atoms with van der Waals surface area (Å²) >= 11 is 0. The SMILES string of the molecule is CCOC(=O)Nc1ccc(NCCc2ccccc2)nn1. The van der Waals surface area contributed by atoms with Gasteiger partial charge in [-0.15, -0.1) is 10.2 Å². The molecule has 1 amide bonds.